The van der Waals surface area contributed by atoms with Crippen molar-refractivity contribution in [3.8, 4) is 50.7 Å². The fraction of sp³-hybridized carbons (Fsp3) is 0.191. The van der Waals surface area contributed by atoms with Gasteiger partial charge in [0.2, 0.25) is 0 Å². The van der Waals surface area contributed by atoms with Crippen LogP contribution in [0.4, 0.5) is 22.7 Å². The Hall–Kier alpha value is -7.73. The SMILES string of the molecule is Cc1cc(-n2c3[c-]c(Oc4[c-]c(N5[CH-]N(c6c(-c7ccccc7)cccc6-c6ccccc6)c6cc7c(cc65)nc5n7CCCC5)ccc4)ccc3c3cc(C(C)(C)C)ccc32)ncc1-c1ccc(C(C)(C)C)cc1.[Pt]. The van der Waals surface area contributed by atoms with Gasteiger partial charge in [-0.05, 0) is 93.6 Å². The number of benzene rings is 8. The fourth-order valence-electron chi connectivity index (χ4n) is 11.3. The van der Waals surface area contributed by atoms with Crippen LogP contribution >= 0.6 is 0 Å². The summed E-state index contributed by atoms with van der Waals surface area (Å²) in [5.74, 6) is 3.16. The van der Waals surface area contributed by atoms with E-state index in [-0.39, 0.29) is 31.9 Å². The molecule has 0 amide bonds. The van der Waals surface area contributed by atoms with Crippen molar-refractivity contribution >= 4 is 55.6 Å². The molecule has 0 spiro atoms. The van der Waals surface area contributed by atoms with Crippen molar-refractivity contribution in [2.75, 3.05) is 9.80 Å². The molecule has 0 unspecified atom stereocenters. The van der Waals surface area contributed by atoms with E-state index in [0.717, 1.165) is 132 Å². The van der Waals surface area contributed by atoms with Crippen LogP contribution in [-0.4, -0.2) is 19.1 Å². The van der Waals surface area contributed by atoms with Gasteiger partial charge in [-0.3, -0.25) is 0 Å². The first-order chi connectivity index (χ1) is 36.3. The number of aromatic nitrogens is 4. The number of ether oxygens (including phenoxy) is 1. The maximum atomic E-state index is 6.85. The van der Waals surface area contributed by atoms with Gasteiger partial charge in [0.05, 0.1) is 11.0 Å². The summed E-state index contributed by atoms with van der Waals surface area (Å²) in [4.78, 5) is 15.0. The zero-order valence-electron chi connectivity index (χ0n) is 44.1. The number of aryl methyl sites for hydroxylation is 3. The molecular formula is C68H59N6OPt-3. The minimum atomic E-state index is -0.0287. The van der Waals surface area contributed by atoms with E-state index in [1.54, 1.807) is 0 Å². The molecule has 11 aromatic rings. The van der Waals surface area contributed by atoms with Gasteiger partial charge in [-0.15, -0.1) is 48.1 Å². The standard InChI is InChI=1S/C68H59N6O.Pt/c1-44-36-65(69-42-57(44)47-27-29-48(30-28-47)67(2,3)4)74-59-34-31-49(68(5,6)7)37-56(59)55-33-32-52(39-60(55)74)75-51-23-16-22-50(38-51)72-43-73(63-41-61-58(40-62(63)72)70-64-26-14-15-35-71(61)64)66-53(45-18-10-8-11-19-45)24-17-25-54(66)46-20-12-9-13-21-46;/h8-13,16-25,27-34,36-37,40-43H,14-15,26,35H2,1-7H3;/q-3;. The maximum absolute atomic E-state index is 6.85. The Labute approximate surface area is 460 Å². The molecular weight excluding hydrogens is 1110 g/mol. The molecule has 0 saturated heterocycles. The number of fused-ring (bicyclic) bond motifs is 7. The fourth-order valence-corrected chi connectivity index (χ4v) is 11.3. The predicted molar refractivity (Wildman–Crippen MR) is 309 cm³/mol. The number of hydrogen-bond donors (Lipinski definition) is 0. The quantitative estimate of drug-likeness (QED) is 0.142. The van der Waals surface area contributed by atoms with Crippen molar-refractivity contribution in [1.82, 2.24) is 19.1 Å². The van der Waals surface area contributed by atoms with Gasteiger partial charge in [-0.1, -0.05) is 162 Å². The summed E-state index contributed by atoms with van der Waals surface area (Å²) in [6.07, 6.45) is 5.31. The topological polar surface area (TPSA) is 51.4 Å². The number of hydrogen-bond acceptors (Lipinski definition) is 5. The van der Waals surface area contributed by atoms with Crippen LogP contribution < -0.4 is 14.5 Å². The third kappa shape index (κ3) is 8.69. The molecule has 8 aromatic carbocycles. The second-order valence-electron chi connectivity index (χ2n) is 22.3. The summed E-state index contributed by atoms with van der Waals surface area (Å²) < 4.78 is 11.5. The van der Waals surface area contributed by atoms with Crippen LogP contribution in [0.1, 0.15) is 76.9 Å². The minimum Gasteiger partial charge on any atom is -0.509 e. The molecule has 0 atom stereocenters. The molecule has 13 rings (SSSR count). The van der Waals surface area contributed by atoms with Crippen LogP contribution in [0, 0.1) is 25.7 Å². The number of nitrogens with zero attached hydrogens (tertiary/aromatic N) is 6. The van der Waals surface area contributed by atoms with Crippen LogP contribution in [-0.2, 0) is 44.9 Å². The zero-order valence-corrected chi connectivity index (χ0v) is 46.3. The van der Waals surface area contributed by atoms with Crippen LogP contribution in [0.3, 0.4) is 0 Å². The molecule has 2 aliphatic rings. The monoisotopic (exact) mass is 1170 g/mol. The molecule has 76 heavy (non-hydrogen) atoms. The number of rotatable bonds is 8. The first-order valence-electron chi connectivity index (χ1n) is 26.3. The number of imidazole rings is 1. The van der Waals surface area contributed by atoms with Gasteiger partial charge in [0.1, 0.15) is 11.6 Å². The van der Waals surface area contributed by atoms with E-state index in [1.807, 2.05) is 24.4 Å². The summed E-state index contributed by atoms with van der Waals surface area (Å²) in [6, 6.07) is 68.4. The largest absolute Gasteiger partial charge is 0.509 e. The molecule has 7 nitrogen and oxygen atoms in total. The van der Waals surface area contributed by atoms with Crippen LogP contribution in [0.5, 0.6) is 11.5 Å². The van der Waals surface area contributed by atoms with E-state index in [9.17, 15) is 0 Å². The molecule has 380 valence electrons. The Morgan fingerprint density at radius 3 is 1.92 bits per heavy atom. The molecule has 0 N–H and O–H groups in total. The third-order valence-electron chi connectivity index (χ3n) is 15.3. The first kappa shape index (κ1) is 49.2. The average molecular weight is 1170 g/mol. The normalized spacial score (nSPS) is 13.6. The Balaban J connectivity index is 0.00000582. The van der Waals surface area contributed by atoms with E-state index < -0.39 is 0 Å². The summed E-state index contributed by atoms with van der Waals surface area (Å²) in [5.41, 5.74) is 18.8. The molecule has 0 bridgehead atoms. The van der Waals surface area contributed by atoms with Gasteiger partial charge in [0, 0.05) is 91.0 Å². The van der Waals surface area contributed by atoms with E-state index in [2.05, 4.69) is 238 Å². The minimum absolute atomic E-state index is 0. The molecule has 3 aromatic heterocycles. The molecule has 0 aliphatic carbocycles. The van der Waals surface area contributed by atoms with Gasteiger partial charge in [0.25, 0.3) is 0 Å². The second-order valence-corrected chi connectivity index (χ2v) is 22.3. The van der Waals surface area contributed by atoms with Crippen molar-refractivity contribution in [3.63, 3.8) is 0 Å². The molecule has 0 radical (unpaired) electrons. The number of para-hydroxylation sites is 1. The van der Waals surface area contributed by atoms with Gasteiger partial charge < -0.3 is 23.7 Å². The Kier molecular flexibility index (Phi) is 12.4. The van der Waals surface area contributed by atoms with E-state index in [4.69, 9.17) is 14.7 Å². The van der Waals surface area contributed by atoms with Crippen LogP contribution in [0.2, 0.25) is 0 Å². The van der Waals surface area contributed by atoms with E-state index >= 15 is 0 Å². The van der Waals surface area contributed by atoms with Crippen molar-refractivity contribution in [2.45, 2.75) is 85.1 Å². The molecule has 8 heteroatoms. The summed E-state index contributed by atoms with van der Waals surface area (Å²) >= 11 is 0. The second kappa shape index (κ2) is 19.1. The first-order valence-corrected chi connectivity index (χ1v) is 26.3. The van der Waals surface area contributed by atoms with E-state index in [1.165, 1.54) is 11.1 Å². The summed E-state index contributed by atoms with van der Waals surface area (Å²) in [5, 5.41) is 2.24. The van der Waals surface area contributed by atoms with Crippen molar-refractivity contribution in [2.24, 2.45) is 0 Å². The van der Waals surface area contributed by atoms with E-state index in [0.29, 0.717) is 11.5 Å². The number of pyridine rings is 1. The molecule has 2 aliphatic heterocycles. The predicted octanol–water partition coefficient (Wildman–Crippen LogP) is 17.6. The summed E-state index contributed by atoms with van der Waals surface area (Å²) in [6.45, 7) is 18.9. The van der Waals surface area contributed by atoms with Crippen molar-refractivity contribution in [3.05, 3.63) is 217 Å². The molecule has 0 saturated carbocycles. The third-order valence-corrected chi connectivity index (χ3v) is 15.3. The molecule has 0 fully saturated rings. The Bertz CT molecular complexity index is 3940. The number of anilines is 4. The summed E-state index contributed by atoms with van der Waals surface area (Å²) in [7, 11) is 0. The van der Waals surface area contributed by atoms with Crippen LogP contribution in [0.15, 0.2) is 176 Å². The van der Waals surface area contributed by atoms with Gasteiger partial charge >= 0.3 is 0 Å². The Morgan fingerprint density at radius 1 is 0.566 bits per heavy atom. The van der Waals surface area contributed by atoms with Crippen molar-refractivity contribution in [1.29, 1.82) is 0 Å². The maximum Gasteiger partial charge on any atom is 0.135 e. The Morgan fingerprint density at radius 2 is 1.22 bits per heavy atom. The van der Waals surface area contributed by atoms with Gasteiger partial charge in [0.15, 0.2) is 0 Å². The van der Waals surface area contributed by atoms with Gasteiger partial charge in [-0.25, -0.2) is 9.97 Å². The van der Waals surface area contributed by atoms with Crippen LogP contribution in [0.25, 0.3) is 72.0 Å². The molecule has 5 heterocycles. The smallest absolute Gasteiger partial charge is 0.135 e. The van der Waals surface area contributed by atoms with Crippen molar-refractivity contribution < 1.29 is 25.8 Å². The average Bonchev–Trinajstić information content (AvgIpc) is 4.09. The zero-order chi connectivity index (χ0) is 51.2. The van der Waals surface area contributed by atoms with Gasteiger partial charge in [-0.2, -0.15) is 12.1 Å².